The van der Waals surface area contributed by atoms with Crippen molar-refractivity contribution >= 4 is 17.3 Å². The van der Waals surface area contributed by atoms with Gasteiger partial charge in [-0.1, -0.05) is 19.1 Å². The van der Waals surface area contributed by atoms with E-state index in [0.717, 1.165) is 16.9 Å². The van der Waals surface area contributed by atoms with Crippen LogP contribution in [-0.2, 0) is 4.79 Å². The fourth-order valence-corrected chi connectivity index (χ4v) is 2.48. The first-order valence-corrected chi connectivity index (χ1v) is 7.97. The minimum Gasteiger partial charge on any atom is -0.395 e. The maximum absolute atomic E-state index is 12.9. The molecular formula is C19H23FN2O2. The second-order valence-electron chi connectivity index (χ2n) is 5.90. The van der Waals surface area contributed by atoms with Crippen molar-refractivity contribution in [3.8, 4) is 0 Å². The van der Waals surface area contributed by atoms with Gasteiger partial charge in [-0.2, -0.15) is 0 Å². The van der Waals surface area contributed by atoms with Crippen molar-refractivity contribution < 1.29 is 14.3 Å². The molecule has 2 aromatic rings. The van der Waals surface area contributed by atoms with E-state index in [4.69, 9.17) is 5.11 Å². The van der Waals surface area contributed by atoms with Crippen molar-refractivity contribution in [3.63, 3.8) is 0 Å². The Balaban J connectivity index is 1.91. The van der Waals surface area contributed by atoms with Gasteiger partial charge in [0.2, 0.25) is 5.91 Å². The molecule has 0 saturated heterocycles. The van der Waals surface area contributed by atoms with Crippen LogP contribution in [0.4, 0.5) is 15.8 Å². The fourth-order valence-electron chi connectivity index (χ4n) is 2.48. The van der Waals surface area contributed by atoms with Crippen molar-refractivity contribution in [1.82, 2.24) is 0 Å². The van der Waals surface area contributed by atoms with Crippen LogP contribution in [0.3, 0.4) is 0 Å². The summed E-state index contributed by atoms with van der Waals surface area (Å²) < 4.78 is 12.9. The number of nitrogens with one attached hydrogen (secondary N) is 1. The molecule has 0 aliphatic rings. The Morgan fingerprint density at radius 1 is 1.17 bits per heavy atom. The third-order valence-corrected chi connectivity index (χ3v) is 3.96. The first-order chi connectivity index (χ1) is 11.5. The number of hydrogen-bond donors (Lipinski definition) is 2. The van der Waals surface area contributed by atoms with E-state index in [2.05, 4.69) is 5.32 Å². The number of hydrogen-bond acceptors (Lipinski definition) is 3. The molecule has 0 aliphatic carbocycles. The summed E-state index contributed by atoms with van der Waals surface area (Å²) in [6.07, 6.45) is 0.331. The molecule has 0 aromatic heterocycles. The van der Waals surface area contributed by atoms with E-state index in [0.29, 0.717) is 13.0 Å². The predicted molar refractivity (Wildman–Crippen MR) is 94.9 cm³/mol. The zero-order chi connectivity index (χ0) is 17.5. The first kappa shape index (κ1) is 17.9. The molecule has 0 aliphatic heterocycles. The van der Waals surface area contributed by atoms with Gasteiger partial charge in [-0.25, -0.2) is 4.39 Å². The van der Waals surface area contributed by atoms with Crippen molar-refractivity contribution in [2.75, 3.05) is 30.4 Å². The molecule has 4 nitrogen and oxygen atoms in total. The lowest BCUT2D eigenvalue weighted by Gasteiger charge is -2.18. The number of carbonyl (C=O) groups excluding carboxylic acids is 1. The molecule has 0 saturated carbocycles. The minimum atomic E-state index is -0.276. The van der Waals surface area contributed by atoms with E-state index in [1.807, 2.05) is 43.1 Å². The number of nitrogens with zero attached hydrogens (tertiary/aromatic N) is 1. The highest BCUT2D eigenvalue weighted by molar-refractivity contribution is 5.91. The van der Waals surface area contributed by atoms with Crippen LogP contribution in [-0.4, -0.2) is 31.2 Å². The maximum atomic E-state index is 12.9. The second-order valence-corrected chi connectivity index (χ2v) is 5.90. The summed E-state index contributed by atoms with van der Waals surface area (Å²) in [6, 6.07) is 13.7. The Morgan fingerprint density at radius 3 is 2.38 bits per heavy atom. The molecule has 1 amide bonds. The van der Waals surface area contributed by atoms with Crippen LogP contribution in [0.15, 0.2) is 48.5 Å². The van der Waals surface area contributed by atoms with E-state index in [1.165, 1.54) is 12.1 Å². The number of anilines is 2. The highest BCUT2D eigenvalue weighted by Gasteiger charge is 2.12. The Bertz CT molecular complexity index is 656. The molecule has 0 fully saturated rings. The average Bonchev–Trinajstić information content (AvgIpc) is 2.56. The minimum absolute atomic E-state index is 0.0144. The molecule has 24 heavy (non-hydrogen) atoms. The number of carbonyl (C=O) groups is 1. The summed E-state index contributed by atoms with van der Waals surface area (Å²) in [5.41, 5.74) is 2.64. The molecule has 5 heteroatoms. The van der Waals surface area contributed by atoms with E-state index in [9.17, 15) is 9.18 Å². The Kier molecular flexibility index (Phi) is 6.32. The van der Waals surface area contributed by atoms with Crippen LogP contribution in [0.5, 0.6) is 0 Å². The van der Waals surface area contributed by atoms with Gasteiger partial charge < -0.3 is 15.3 Å². The van der Waals surface area contributed by atoms with Crippen LogP contribution < -0.4 is 10.2 Å². The van der Waals surface area contributed by atoms with Gasteiger partial charge in [0, 0.05) is 31.4 Å². The first-order valence-electron chi connectivity index (χ1n) is 7.97. The standard InChI is InChI=1S/C19H23FN2O2/c1-14(15-3-5-16(20)6-4-15)13-19(24)21-17-7-9-18(10-8-17)22(2)11-12-23/h3-10,14,23H,11-13H2,1-2H3,(H,21,24). The Hall–Kier alpha value is -2.40. The van der Waals surface area contributed by atoms with E-state index >= 15 is 0 Å². The summed E-state index contributed by atoms with van der Waals surface area (Å²) in [6.45, 7) is 2.59. The highest BCUT2D eigenvalue weighted by atomic mass is 19.1. The zero-order valence-electron chi connectivity index (χ0n) is 14.0. The van der Waals surface area contributed by atoms with Crippen LogP contribution in [0.1, 0.15) is 24.8 Å². The molecule has 1 atom stereocenters. The number of amides is 1. The van der Waals surface area contributed by atoms with Crippen molar-refractivity contribution in [1.29, 1.82) is 0 Å². The number of rotatable bonds is 7. The number of aliphatic hydroxyl groups excluding tert-OH is 1. The highest BCUT2D eigenvalue weighted by Crippen LogP contribution is 2.21. The molecule has 1 unspecified atom stereocenters. The molecule has 2 rings (SSSR count). The molecule has 0 spiro atoms. The molecule has 128 valence electrons. The fraction of sp³-hybridized carbons (Fsp3) is 0.316. The largest absolute Gasteiger partial charge is 0.395 e. The summed E-state index contributed by atoms with van der Waals surface area (Å²) in [5.74, 6) is -0.342. The van der Waals surface area contributed by atoms with Crippen molar-refractivity contribution in [2.24, 2.45) is 0 Å². The maximum Gasteiger partial charge on any atom is 0.224 e. The van der Waals surface area contributed by atoms with Gasteiger partial charge in [-0.05, 0) is 47.9 Å². The van der Waals surface area contributed by atoms with Crippen LogP contribution >= 0.6 is 0 Å². The van der Waals surface area contributed by atoms with Gasteiger partial charge in [-0.3, -0.25) is 4.79 Å². The topological polar surface area (TPSA) is 52.6 Å². The lowest BCUT2D eigenvalue weighted by atomic mass is 9.97. The van der Waals surface area contributed by atoms with E-state index in [1.54, 1.807) is 12.1 Å². The molecular weight excluding hydrogens is 307 g/mol. The number of likely N-dealkylation sites (N-methyl/N-ethyl adjacent to an activating group) is 1. The number of aliphatic hydroxyl groups is 1. The summed E-state index contributed by atoms with van der Waals surface area (Å²) in [7, 11) is 1.90. The SMILES string of the molecule is CC(CC(=O)Nc1ccc(N(C)CCO)cc1)c1ccc(F)cc1. The normalized spacial score (nSPS) is 11.8. The second kappa shape index (κ2) is 8.45. The third-order valence-electron chi connectivity index (χ3n) is 3.96. The quantitative estimate of drug-likeness (QED) is 0.818. The average molecular weight is 330 g/mol. The Labute approximate surface area is 141 Å². The Morgan fingerprint density at radius 2 is 1.79 bits per heavy atom. The van der Waals surface area contributed by atoms with E-state index in [-0.39, 0.29) is 24.2 Å². The van der Waals surface area contributed by atoms with Gasteiger partial charge >= 0.3 is 0 Å². The van der Waals surface area contributed by atoms with Gasteiger partial charge in [0.15, 0.2) is 0 Å². The van der Waals surface area contributed by atoms with Gasteiger partial charge in [-0.15, -0.1) is 0 Å². The lowest BCUT2D eigenvalue weighted by molar-refractivity contribution is -0.116. The summed E-state index contributed by atoms with van der Waals surface area (Å²) in [5, 5.41) is 11.8. The predicted octanol–water partition coefficient (Wildman–Crippen LogP) is 3.39. The molecule has 0 radical (unpaired) electrons. The van der Waals surface area contributed by atoms with Gasteiger partial charge in [0.1, 0.15) is 5.82 Å². The molecule has 2 aromatic carbocycles. The van der Waals surface area contributed by atoms with Gasteiger partial charge in [0.25, 0.3) is 0 Å². The monoisotopic (exact) mass is 330 g/mol. The zero-order valence-corrected chi connectivity index (χ0v) is 14.0. The van der Waals surface area contributed by atoms with Crippen LogP contribution in [0, 0.1) is 5.82 Å². The molecule has 0 heterocycles. The van der Waals surface area contributed by atoms with Gasteiger partial charge in [0.05, 0.1) is 6.61 Å². The summed E-state index contributed by atoms with van der Waals surface area (Å²) in [4.78, 5) is 14.1. The van der Waals surface area contributed by atoms with Crippen molar-refractivity contribution in [2.45, 2.75) is 19.3 Å². The van der Waals surface area contributed by atoms with Crippen molar-refractivity contribution in [3.05, 3.63) is 59.9 Å². The molecule has 2 N–H and O–H groups in total. The number of halogens is 1. The van der Waals surface area contributed by atoms with Crippen LogP contribution in [0.2, 0.25) is 0 Å². The number of benzene rings is 2. The summed E-state index contributed by atoms with van der Waals surface area (Å²) >= 11 is 0. The third kappa shape index (κ3) is 5.06. The smallest absolute Gasteiger partial charge is 0.224 e. The van der Waals surface area contributed by atoms with E-state index < -0.39 is 0 Å². The van der Waals surface area contributed by atoms with Crippen LogP contribution in [0.25, 0.3) is 0 Å². The lowest BCUT2D eigenvalue weighted by Crippen LogP contribution is -2.21. The molecule has 0 bridgehead atoms.